The van der Waals surface area contributed by atoms with E-state index in [1.54, 1.807) is 7.11 Å². The molecule has 18 heavy (non-hydrogen) atoms. The molecule has 1 unspecified atom stereocenters. The number of nitrogens with one attached hydrogen (secondary N) is 1. The average Bonchev–Trinajstić information content (AvgIpc) is 2.77. The van der Waals surface area contributed by atoms with Crippen molar-refractivity contribution in [3.63, 3.8) is 0 Å². The molecule has 0 saturated carbocycles. The van der Waals surface area contributed by atoms with Crippen LogP contribution in [-0.2, 0) is 4.79 Å². The van der Waals surface area contributed by atoms with Gasteiger partial charge in [-0.3, -0.25) is 4.79 Å². The first-order valence-corrected chi connectivity index (χ1v) is 6.56. The first-order chi connectivity index (χ1) is 8.60. The van der Waals surface area contributed by atoms with E-state index in [4.69, 9.17) is 21.4 Å². The fraction of sp³-hybridized carbons (Fsp3) is 0.273. The largest absolute Gasteiger partial charge is 0.497 e. The van der Waals surface area contributed by atoms with Crippen LogP contribution in [0, 0.1) is 0 Å². The van der Waals surface area contributed by atoms with Crippen LogP contribution in [0.25, 0.3) is 11.0 Å². The molecule has 96 valence electrons. The van der Waals surface area contributed by atoms with E-state index in [0.717, 1.165) is 16.8 Å². The monoisotopic (exact) mass is 286 g/mol. The van der Waals surface area contributed by atoms with Crippen molar-refractivity contribution in [1.82, 2.24) is 9.97 Å². The van der Waals surface area contributed by atoms with E-state index < -0.39 is 11.3 Å². The van der Waals surface area contributed by atoms with Gasteiger partial charge in [0.1, 0.15) is 11.1 Å². The average molecular weight is 287 g/mol. The molecular weight excluding hydrogens is 276 g/mol. The summed E-state index contributed by atoms with van der Waals surface area (Å²) in [5.41, 5.74) is 1.65. The maximum atomic E-state index is 10.6. The summed E-state index contributed by atoms with van der Waals surface area (Å²) < 4.78 is 5.11. The highest BCUT2D eigenvalue weighted by Gasteiger charge is 2.15. The van der Waals surface area contributed by atoms with Gasteiger partial charge in [0, 0.05) is 11.8 Å². The van der Waals surface area contributed by atoms with E-state index in [0.29, 0.717) is 5.16 Å². The number of thioether (sulfide) groups is 1. The highest BCUT2D eigenvalue weighted by atomic mass is 35.5. The van der Waals surface area contributed by atoms with E-state index in [1.165, 1.54) is 11.8 Å². The van der Waals surface area contributed by atoms with Gasteiger partial charge in [0.05, 0.1) is 18.1 Å². The summed E-state index contributed by atoms with van der Waals surface area (Å²) in [7, 11) is 1.60. The molecule has 0 saturated heterocycles. The number of nitrogens with zero attached hydrogens (tertiary/aromatic N) is 1. The van der Waals surface area contributed by atoms with Crippen molar-refractivity contribution in [2.24, 2.45) is 0 Å². The molecule has 0 radical (unpaired) electrons. The van der Waals surface area contributed by atoms with Gasteiger partial charge in [-0.25, -0.2) is 4.98 Å². The van der Waals surface area contributed by atoms with Crippen LogP contribution in [0.4, 0.5) is 0 Å². The molecule has 1 aromatic heterocycles. The molecule has 2 aromatic rings. The third kappa shape index (κ3) is 2.88. The Morgan fingerprint density at radius 3 is 3.11 bits per heavy atom. The van der Waals surface area contributed by atoms with Crippen LogP contribution >= 0.6 is 23.4 Å². The number of fused-ring (bicyclic) bond motifs is 1. The number of methoxy groups -OCH3 is 1. The Bertz CT molecular complexity index is 572. The SMILES string of the molecule is COc1ccc2nc(SCC(Cl)C(=O)O)[nH]c2c1. The number of aromatic amines is 1. The third-order valence-electron chi connectivity index (χ3n) is 2.30. The number of carboxylic acids is 1. The van der Waals surface area contributed by atoms with Crippen LogP contribution < -0.4 is 4.74 Å². The molecule has 0 spiro atoms. The molecule has 2 N–H and O–H groups in total. The lowest BCUT2D eigenvalue weighted by molar-refractivity contribution is -0.136. The molecule has 7 heteroatoms. The number of rotatable bonds is 5. The molecule has 1 atom stereocenters. The highest BCUT2D eigenvalue weighted by Crippen LogP contribution is 2.24. The summed E-state index contributed by atoms with van der Waals surface area (Å²) >= 11 is 6.91. The van der Waals surface area contributed by atoms with Crippen LogP contribution in [0.2, 0.25) is 0 Å². The Hall–Kier alpha value is -1.40. The summed E-state index contributed by atoms with van der Waals surface area (Å²) in [6.45, 7) is 0. The van der Waals surface area contributed by atoms with Gasteiger partial charge in [-0.2, -0.15) is 0 Å². The molecule has 0 amide bonds. The number of ether oxygens (including phenoxy) is 1. The van der Waals surface area contributed by atoms with Gasteiger partial charge in [0.2, 0.25) is 0 Å². The van der Waals surface area contributed by atoms with Gasteiger partial charge >= 0.3 is 5.97 Å². The van der Waals surface area contributed by atoms with Gasteiger partial charge in [0.15, 0.2) is 5.16 Å². The highest BCUT2D eigenvalue weighted by molar-refractivity contribution is 7.99. The van der Waals surface area contributed by atoms with Crippen molar-refractivity contribution in [1.29, 1.82) is 0 Å². The first-order valence-electron chi connectivity index (χ1n) is 5.13. The van der Waals surface area contributed by atoms with Crippen molar-refractivity contribution >= 4 is 40.4 Å². The molecular formula is C11H11ClN2O3S. The first kappa shape index (κ1) is 13.0. The molecule has 0 bridgehead atoms. The molecule has 1 heterocycles. The quantitative estimate of drug-likeness (QED) is 0.652. The summed E-state index contributed by atoms with van der Waals surface area (Å²) in [4.78, 5) is 18.0. The van der Waals surface area contributed by atoms with Crippen molar-refractivity contribution in [3.8, 4) is 5.75 Å². The minimum Gasteiger partial charge on any atom is -0.497 e. The van der Waals surface area contributed by atoms with Crippen molar-refractivity contribution in [2.75, 3.05) is 12.9 Å². The second-order valence-corrected chi connectivity index (χ2v) is 5.08. The number of aliphatic carboxylic acids is 1. The second kappa shape index (κ2) is 5.49. The predicted molar refractivity (Wildman–Crippen MR) is 70.6 cm³/mol. The molecule has 0 aliphatic heterocycles. The Morgan fingerprint density at radius 1 is 1.67 bits per heavy atom. The van der Waals surface area contributed by atoms with E-state index in [9.17, 15) is 4.79 Å². The van der Waals surface area contributed by atoms with Gasteiger partial charge < -0.3 is 14.8 Å². The molecule has 2 rings (SSSR count). The summed E-state index contributed by atoms with van der Waals surface area (Å²) in [5, 5.41) is 8.40. The number of imidazole rings is 1. The molecule has 0 fully saturated rings. The molecule has 0 aliphatic rings. The lowest BCUT2D eigenvalue weighted by Gasteiger charge is -2.00. The van der Waals surface area contributed by atoms with Gasteiger partial charge in [0.25, 0.3) is 0 Å². The molecule has 0 aliphatic carbocycles. The van der Waals surface area contributed by atoms with Crippen molar-refractivity contribution in [2.45, 2.75) is 10.5 Å². The third-order valence-corrected chi connectivity index (χ3v) is 3.79. The summed E-state index contributed by atoms with van der Waals surface area (Å²) in [6, 6.07) is 5.49. The number of H-pyrrole nitrogens is 1. The Balaban J connectivity index is 2.12. The zero-order valence-electron chi connectivity index (χ0n) is 9.51. The van der Waals surface area contributed by atoms with Crippen LogP contribution in [-0.4, -0.2) is 39.3 Å². The number of aromatic nitrogens is 2. The van der Waals surface area contributed by atoms with E-state index in [2.05, 4.69) is 9.97 Å². The number of alkyl halides is 1. The molecule has 5 nitrogen and oxygen atoms in total. The van der Waals surface area contributed by atoms with E-state index in [-0.39, 0.29) is 5.75 Å². The number of benzene rings is 1. The Kier molecular flexibility index (Phi) is 3.98. The lowest BCUT2D eigenvalue weighted by Crippen LogP contribution is -2.15. The second-order valence-electron chi connectivity index (χ2n) is 3.54. The smallest absolute Gasteiger partial charge is 0.322 e. The zero-order chi connectivity index (χ0) is 13.1. The zero-order valence-corrected chi connectivity index (χ0v) is 11.1. The van der Waals surface area contributed by atoms with Crippen LogP contribution in [0.1, 0.15) is 0 Å². The van der Waals surface area contributed by atoms with Crippen LogP contribution in [0.15, 0.2) is 23.4 Å². The fourth-order valence-corrected chi connectivity index (χ4v) is 2.36. The van der Waals surface area contributed by atoms with Gasteiger partial charge in [-0.1, -0.05) is 11.8 Å². The topological polar surface area (TPSA) is 75.2 Å². The summed E-state index contributed by atoms with van der Waals surface area (Å²) in [5.74, 6) is -0.0289. The van der Waals surface area contributed by atoms with Gasteiger partial charge in [-0.05, 0) is 12.1 Å². The lowest BCUT2D eigenvalue weighted by atomic mass is 10.3. The van der Waals surface area contributed by atoms with E-state index >= 15 is 0 Å². The van der Waals surface area contributed by atoms with Crippen molar-refractivity contribution < 1.29 is 14.6 Å². The molecule has 1 aromatic carbocycles. The number of hydrogen-bond acceptors (Lipinski definition) is 4. The number of hydrogen-bond donors (Lipinski definition) is 2. The Morgan fingerprint density at radius 2 is 2.44 bits per heavy atom. The van der Waals surface area contributed by atoms with Crippen molar-refractivity contribution in [3.05, 3.63) is 18.2 Å². The van der Waals surface area contributed by atoms with E-state index in [1.807, 2.05) is 18.2 Å². The normalized spacial score (nSPS) is 12.6. The maximum Gasteiger partial charge on any atom is 0.322 e. The minimum absolute atomic E-state index is 0.258. The van der Waals surface area contributed by atoms with Gasteiger partial charge in [-0.15, -0.1) is 11.6 Å². The van der Waals surface area contributed by atoms with Crippen LogP contribution in [0.3, 0.4) is 0 Å². The van der Waals surface area contributed by atoms with Crippen LogP contribution in [0.5, 0.6) is 5.75 Å². The minimum atomic E-state index is -1.03. The maximum absolute atomic E-state index is 10.6. The standard InChI is InChI=1S/C11H11ClN2O3S/c1-17-6-2-3-8-9(4-6)14-11(13-8)18-5-7(12)10(15)16/h2-4,7H,5H2,1H3,(H,13,14)(H,15,16). The number of halogens is 1. The number of carbonyl (C=O) groups is 1. The Labute approximate surface area is 112 Å². The summed E-state index contributed by atoms with van der Waals surface area (Å²) in [6.07, 6.45) is 0. The fourth-order valence-electron chi connectivity index (χ4n) is 1.38. The number of carboxylic acid groups (broad SMARTS) is 1. The predicted octanol–water partition coefficient (Wildman–Crippen LogP) is 2.36.